The van der Waals surface area contributed by atoms with Crippen molar-refractivity contribution in [3.05, 3.63) is 66.1 Å². The molecule has 0 unspecified atom stereocenters. The quantitative estimate of drug-likeness (QED) is 0.713. The van der Waals surface area contributed by atoms with Crippen LogP contribution in [0.1, 0.15) is 28.0 Å². The van der Waals surface area contributed by atoms with E-state index >= 15 is 0 Å². The summed E-state index contributed by atoms with van der Waals surface area (Å²) in [6.45, 7) is 3.31. The van der Waals surface area contributed by atoms with E-state index in [1.54, 1.807) is 46.5 Å². The van der Waals surface area contributed by atoms with Crippen LogP contribution in [0, 0.1) is 6.92 Å². The second-order valence-corrected chi connectivity index (χ2v) is 6.02. The first-order chi connectivity index (χ1) is 12.7. The van der Waals surface area contributed by atoms with E-state index in [9.17, 15) is 4.79 Å². The Morgan fingerprint density at radius 2 is 2.15 bits per heavy atom. The highest BCUT2D eigenvalue weighted by Gasteiger charge is 2.28. The molecule has 1 amide bonds. The van der Waals surface area contributed by atoms with Crippen LogP contribution in [-0.2, 0) is 4.74 Å². The van der Waals surface area contributed by atoms with E-state index in [1.807, 2.05) is 19.1 Å². The fraction of sp³-hybridized carbons (Fsp3) is 0.278. The number of ether oxygens (including phenoxy) is 1. The molecule has 1 saturated heterocycles. The average molecular weight is 350 g/mol. The van der Waals surface area contributed by atoms with Crippen molar-refractivity contribution in [2.75, 3.05) is 19.7 Å². The molecule has 1 atom stereocenters. The minimum absolute atomic E-state index is 0.0783. The summed E-state index contributed by atoms with van der Waals surface area (Å²) in [6.07, 6.45) is 6.45. The molecule has 8 heteroatoms. The van der Waals surface area contributed by atoms with Gasteiger partial charge in [-0.25, -0.2) is 19.6 Å². The first-order valence-corrected chi connectivity index (χ1v) is 8.37. The van der Waals surface area contributed by atoms with Crippen molar-refractivity contribution in [2.24, 2.45) is 0 Å². The Morgan fingerprint density at radius 1 is 1.23 bits per heavy atom. The highest BCUT2D eigenvalue weighted by Crippen LogP contribution is 2.20. The van der Waals surface area contributed by atoms with Crippen LogP contribution in [0.15, 0.2) is 49.1 Å². The molecule has 4 rings (SSSR count). The normalized spacial score (nSPS) is 17.3. The summed E-state index contributed by atoms with van der Waals surface area (Å²) in [6, 6.07) is 7.20. The zero-order valence-electron chi connectivity index (χ0n) is 14.3. The summed E-state index contributed by atoms with van der Waals surface area (Å²) in [5.74, 6) is 1.19. The zero-order chi connectivity index (χ0) is 17.9. The van der Waals surface area contributed by atoms with Crippen LogP contribution < -0.4 is 0 Å². The number of hydrogen-bond donors (Lipinski definition) is 0. The molecule has 1 aliphatic rings. The highest BCUT2D eigenvalue weighted by molar-refractivity contribution is 5.94. The number of amides is 1. The summed E-state index contributed by atoms with van der Waals surface area (Å²) in [7, 11) is 0. The lowest BCUT2D eigenvalue weighted by molar-refractivity contribution is -0.0269. The van der Waals surface area contributed by atoms with Crippen molar-refractivity contribution >= 4 is 5.91 Å². The van der Waals surface area contributed by atoms with Gasteiger partial charge in [-0.2, -0.15) is 5.10 Å². The molecule has 0 spiro atoms. The minimum atomic E-state index is -0.316. The molecule has 1 fully saturated rings. The summed E-state index contributed by atoms with van der Waals surface area (Å²) in [5, 5.41) is 4.13. The molecule has 8 nitrogen and oxygen atoms in total. The number of pyridine rings is 1. The zero-order valence-corrected chi connectivity index (χ0v) is 14.3. The second-order valence-electron chi connectivity index (χ2n) is 6.02. The molecule has 0 radical (unpaired) electrons. The van der Waals surface area contributed by atoms with Gasteiger partial charge in [-0.3, -0.25) is 4.79 Å². The van der Waals surface area contributed by atoms with Crippen LogP contribution >= 0.6 is 0 Å². The summed E-state index contributed by atoms with van der Waals surface area (Å²) < 4.78 is 7.40. The molecule has 0 bridgehead atoms. The predicted molar refractivity (Wildman–Crippen MR) is 92.7 cm³/mol. The third-order valence-corrected chi connectivity index (χ3v) is 4.19. The maximum Gasteiger partial charge on any atom is 0.255 e. The van der Waals surface area contributed by atoms with Gasteiger partial charge in [-0.1, -0.05) is 0 Å². The smallest absolute Gasteiger partial charge is 0.255 e. The van der Waals surface area contributed by atoms with Gasteiger partial charge in [0, 0.05) is 37.0 Å². The van der Waals surface area contributed by atoms with Crippen molar-refractivity contribution in [3.8, 4) is 5.82 Å². The molecule has 3 aromatic heterocycles. The van der Waals surface area contributed by atoms with Crippen molar-refractivity contribution in [2.45, 2.75) is 13.0 Å². The molecular formula is C18H18N6O2. The Kier molecular flexibility index (Phi) is 4.40. The van der Waals surface area contributed by atoms with Gasteiger partial charge >= 0.3 is 0 Å². The molecule has 3 aromatic rings. The molecule has 1 aliphatic heterocycles. The maximum absolute atomic E-state index is 12.8. The molecule has 0 saturated carbocycles. The number of aryl methyl sites for hydroxylation is 1. The van der Waals surface area contributed by atoms with Gasteiger partial charge in [-0.15, -0.1) is 0 Å². The van der Waals surface area contributed by atoms with Crippen LogP contribution in [0.25, 0.3) is 5.82 Å². The third kappa shape index (κ3) is 3.31. The van der Waals surface area contributed by atoms with Crippen LogP contribution in [-0.4, -0.2) is 55.2 Å². The lowest BCUT2D eigenvalue weighted by Crippen LogP contribution is -2.42. The minimum Gasteiger partial charge on any atom is -0.367 e. The van der Waals surface area contributed by atoms with Crippen molar-refractivity contribution in [3.63, 3.8) is 0 Å². The Hall–Kier alpha value is -3.13. The molecule has 26 heavy (non-hydrogen) atoms. The lowest BCUT2D eigenvalue weighted by atomic mass is 10.2. The molecule has 0 aromatic carbocycles. The van der Waals surface area contributed by atoms with Gasteiger partial charge in [0.2, 0.25) is 0 Å². The average Bonchev–Trinajstić information content (AvgIpc) is 3.22. The molecule has 132 valence electrons. The van der Waals surface area contributed by atoms with Crippen LogP contribution in [0.5, 0.6) is 0 Å². The standard InChI is InChI=1S/C18H18N6O2/c1-13-5-7-19-17(22-13)15-12-23(9-10-26-15)18(25)14-3-4-16(20-11-14)24-8-2-6-21-24/h2-8,11,15H,9-10,12H2,1H3/t15-/m1/s1. The number of morpholine rings is 1. The highest BCUT2D eigenvalue weighted by atomic mass is 16.5. The number of aromatic nitrogens is 5. The first kappa shape index (κ1) is 16.3. The van der Waals surface area contributed by atoms with Crippen LogP contribution in [0.3, 0.4) is 0 Å². The lowest BCUT2D eigenvalue weighted by Gasteiger charge is -2.32. The Balaban J connectivity index is 1.49. The molecule has 0 N–H and O–H groups in total. The molecule has 4 heterocycles. The Bertz CT molecular complexity index is 894. The van der Waals surface area contributed by atoms with Gasteiger partial charge in [-0.05, 0) is 31.2 Å². The fourth-order valence-electron chi connectivity index (χ4n) is 2.85. The van der Waals surface area contributed by atoms with E-state index in [1.165, 1.54) is 0 Å². The maximum atomic E-state index is 12.8. The van der Waals surface area contributed by atoms with E-state index in [2.05, 4.69) is 20.1 Å². The second kappa shape index (κ2) is 7.01. The summed E-state index contributed by atoms with van der Waals surface area (Å²) >= 11 is 0. The summed E-state index contributed by atoms with van der Waals surface area (Å²) in [5.41, 5.74) is 1.41. The number of carbonyl (C=O) groups is 1. The Labute approximate surface area is 150 Å². The summed E-state index contributed by atoms with van der Waals surface area (Å²) in [4.78, 5) is 27.6. The topological polar surface area (TPSA) is 86.0 Å². The van der Waals surface area contributed by atoms with E-state index in [0.29, 0.717) is 36.9 Å². The third-order valence-electron chi connectivity index (χ3n) is 4.19. The monoisotopic (exact) mass is 350 g/mol. The van der Waals surface area contributed by atoms with Crippen molar-refractivity contribution in [1.82, 2.24) is 29.6 Å². The van der Waals surface area contributed by atoms with Crippen LogP contribution in [0.4, 0.5) is 0 Å². The van der Waals surface area contributed by atoms with Gasteiger partial charge in [0.15, 0.2) is 11.6 Å². The number of rotatable bonds is 3. The van der Waals surface area contributed by atoms with Gasteiger partial charge in [0.1, 0.15) is 6.10 Å². The van der Waals surface area contributed by atoms with E-state index in [4.69, 9.17) is 4.74 Å². The van der Waals surface area contributed by atoms with Crippen molar-refractivity contribution < 1.29 is 9.53 Å². The fourth-order valence-corrected chi connectivity index (χ4v) is 2.85. The molecule has 0 aliphatic carbocycles. The van der Waals surface area contributed by atoms with Crippen LogP contribution in [0.2, 0.25) is 0 Å². The number of carbonyl (C=O) groups excluding carboxylic acids is 1. The van der Waals surface area contributed by atoms with E-state index in [0.717, 1.165) is 5.69 Å². The first-order valence-electron chi connectivity index (χ1n) is 8.37. The Morgan fingerprint density at radius 3 is 2.88 bits per heavy atom. The SMILES string of the molecule is Cc1ccnc([C@H]2CN(C(=O)c3ccc(-n4cccn4)nc3)CCO2)n1. The number of hydrogen-bond acceptors (Lipinski definition) is 6. The largest absolute Gasteiger partial charge is 0.367 e. The van der Waals surface area contributed by atoms with Gasteiger partial charge in [0.05, 0.1) is 18.7 Å². The number of nitrogens with zero attached hydrogens (tertiary/aromatic N) is 6. The van der Waals surface area contributed by atoms with Gasteiger partial charge in [0.25, 0.3) is 5.91 Å². The predicted octanol–water partition coefficient (Wildman–Crippen LogP) is 1.58. The van der Waals surface area contributed by atoms with Gasteiger partial charge < -0.3 is 9.64 Å². The molecular weight excluding hydrogens is 332 g/mol. The van der Waals surface area contributed by atoms with Crippen molar-refractivity contribution in [1.29, 1.82) is 0 Å². The van der Waals surface area contributed by atoms with E-state index in [-0.39, 0.29) is 12.0 Å². The van der Waals surface area contributed by atoms with E-state index < -0.39 is 0 Å².